The van der Waals surface area contributed by atoms with Gasteiger partial charge in [-0.2, -0.15) is 0 Å². The van der Waals surface area contributed by atoms with Crippen molar-refractivity contribution in [2.24, 2.45) is 0 Å². The van der Waals surface area contributed by atoms with E-state index < -0.39 is 0 Å². The van der Waals surface area contributed by atoms with Gasteiger partial charge in [-0.15, -0.1) is 0 Å². The van der Waals surface area contributed by atoms with Crippen molar-refractivity contribution in [3.05, 3.63) is 47.3 Å². The van der Waals surface area contributed by atoms with E-state index in [0.29, 0.717) is 18.2 Å². The number of benzene rings is 1. The Balaban J connectivity index is 1.35. The number of carbonyl (C=O) groups excluding carboxylic acids is 1. The molecule has 0 bridgehead atoms. The summed E-state index contributed by atoms with van der Waals surface area (Å²) in [5.41, 5.74) is 3.21. The van der Waals surface area contributed by atoms with E-state index in [4.69, 9.17) is 4.52 Å². The van der Waals surface area contributed by atoms with Crippen molar-refractivity contribution in [1.82, 2.24) is 10.5 Å². The molecule has 2 N–H and O–H groups in total. The summed E-state index contributed by atoms with van der Waals surface area (Å²) in [6, 6.07) is 10.3. The first kappa shape index (κ1) is 14.5. The number of nitrogens with one attached hydrogen (secondary N) is 2. The largest absolute Gasteiger partial charge is 0.375 e. The molecule has 5 heteroatoms. The van der Waals surface area contributed by atoms with Gasteiger partial charge in [0.15, 0.2) is 5.78 Å². The Bertz CT molecular complexity index is 679. The molecule has 2 aliphatic rings. The van der Waals surface area contributed by atoms with Crippen molar-refractivity contribution < 1.29 is 9.32 Å². The van der Waals surface area contributed by atoms with Gasteiger partial charge in [-0.1, -0.05) is 23.4 Å². The first-order chi connectivity index (χ1) is 11.3. The van der Waals surface area contributed by atoms with Crippen LogP contribution >= 0.6 is 0 Å². The lowest BCUT2D eigenvalue weighted by atomic mass is 10.0. The van der Waals surface area contributed by atoms with E-state index in [1.165, 1.54) is 18.4 Å². The molecule has 1 fully saturated rings. The van der Waals surface area contributed by atoms with Crippen molar-refractivity contribution >= 4 is 11.5 Å². The molecule has 2 aromatic rings. The van der Waals surface area contributed by atoms with Gasteiger partial charge < -0.3 is 15.2 Å². The number of aromatic nitrogens is 1. The molecule has 23 heavy (non-hydrogen) atoms. The van der Waals surface area contributed by atoms with Gasteiger partial charge in [0.25, 0.3) is 0 Å². The van der Waals surface area contributed by atoms with Crippen LogP contribution in [-0.4, -0.2) is 29.6 Å². The second kappa shape index (κ2) is 6.16. The molecule has 5 nitrogen and oxygen atoms in total. The Kier molecular flexibility index (Phi) is 3.87. The van der Waals surface area contributed by atoms with Gasteiger partial charge in [0.05, 0.1) is 18.2 Å². The summed E-state index contributed by atoms with van der Waals surface area (Å²) < 4.78 is 5.36. The smallest absolute Gasteiger partial charge is 0.162 e. The number of hydrogen-bond donors (Lipinski definition) is 2. The minimum Gasteiger partial charge on any atom is -0.375 e. The van der Waals surface area contributed by atoms with E-state index in [1.54, 1.807) is 0 Å². The Hall–Kier alpha value is -2.14. The molecule has 120 valence electrons. The fourth-order valence-corrected chi connectivity index (χ4v) is 3.51. The molecule has 0 amide bonds. The van der Waals surface area contributed by atoms with E-state index in [2.05, 4.69) is 21.9 Å². The third-order valence-electron chi connectivity index (χ3n) is 4.73. The number of rotatable bonds is 5. The highest BCUT2D eigenvalue weighted by Crippen LogP contribution is 2.26. The number of nitrogens with zero attached hydrogens (tertiary/aromatic N) is 1. The molecule has 1 unspecified atom stereocenters. The molecular weight excluding hydrogens is 290 g/mol. The zero-order valence-electron chi connectivity index (χ0n) is 13.0. The van der Waals surface area contributed by atoms with Crippen LogP contribution in [0.4, 0.5) is 5.69 Å². The van der Waals surface area contributed by atoms with Gasteiger partial charge in [0.1, 0.15) is 5.76 Å². The summed E-state index contributed by atoms with van der Waals surface area (Å²) in [5.74, 6) is 0.823. The summed E-state index contributed by atoms with van der Waals surface area (Å²) in [5, 5.41) is 10.9. The lowest BCUT2D eigenvalue weighted by molar-refractivity contribution is -0.119. The van der Waals surface area contributed by atoms with Gasteiger partial charge in [-0.05, 0) is 31.0 Å². The molecule has 3 heterocycles. The van der Waals surface area contributed by atoms with Crippen LogP contribution in [0.1, 0.15) is 29.9 Å². The minimum atomic E-state index is -0.155. The van der Waals surface area contributed by atoms with Crippen LogP contribution in [0.15, 0.2) is 34.9 Å². The molecule has 0 radical (unpaired) electrons. The van der Waals surface area contributed by atoms with E-state index in [9.17, 15) is 4.79 Å². The lowest BCUT2D eigenvalue weighted by Crippen LogP contribution is -2.28. The second-order valence-corrected chi connectivity index (χ2v) is 6.48. The maximum Gasteiger partial charge on any atom is 0.162 e. The molecule has 0 spiro atoms. The molecule has 4 rings (SSSR count). The van der Waals surface area contributed by atoms with Gasteiger partial charge in [-0.3, -0.25) is 4.79 Å². The number of anilines is 1. The lowest BCUT2D eigenvalue weighted by Gasteiger charge is -2.08. The van der Waals surface area contributed by atoms with Crippen LogP contribution in [0.3, 0.4) is 0 Å². The van der Waals surface area contributed by atoms with Crippen LogP contribution in [-0.2, 0) is 24.1 Å². The molecule has 2 aliphatic heterocycles. The van der Waals surface area contributed by atoms with E-state index >= 15 is 0 Å². The zero-order chi connectivity index (χ0) is 15.6. The molecule has 1 saturated heterocycles. The van der Waals surface area contributed by atoms with Crippen molar-refractivity contribution in [2.75, 3.05) is 11.9 Å². The number of para-hydroxylation sites is 1. The zero-order valence-corrected chi connectivity index (χ0v) is 13.0. The first-order valence-electron chi connectivity index (χ1n) is 8.33. The fraction of sp³-hybridized carbons (Fsp3) is 0.444. The summed E-state index contributed by atoms with van der Waals surface area (Å²) in [7, 11) is 0. The van der Waals surface area contributed by atoms with Gasteiger partial charge in [0.2, 0.25) is 0 Å². The summed E-state index contributed by atoms with van der Waals surface area (Å²) >= 11 is 0. The van der Waals surface area contributed by atoms with Crippen molar-refractivity contribution in [3.63, 3.8) is 0 Å². The third-order valence-corrected chi connectivity index (χ3v) is 4.73. The highest BCUT2D eigenvalue weighted by molar-refractivity contribution is 5.90. The highest BCUT2D eigenvalue weighted by Gasteiger charge is 2.27. The molecule has 2 atom stereocenters. The molecule has 0 aliphatic carbocycles. The SMILES string of the molecule is O=C(Cc1cc(C[C@@H]2CCCN2)no1)C1Cc2ccccc2N1. The van der Waals surface area contributed by atoms with E-state index in [1.807, 2.05) is 24.3 Å². The van der Waals surface area contributed by atoms with Crippen LogP contribution in [0, 0.1) is 0 Å². The second-order valence-electron chi connectivity index (χ2n) is 6.48. The highest BCUT2D eigenvalue weighted by atomic mass is 16.5. The van der Waals surface area contributed by atoms with Gasteiger partial charge in [0, 0.05) is 30.6 Å². The summed E-state index contributed by atoms with van der Waals surface area (Å²) in [6.07, 6.45) is 4.34. The molecular formula is C18H21N3O2. The number of hydrogen-bond acceptors (Lipinski definition) is 5. The minimum absolute atomic E-state index is 0.155. The predicted octanol–water partition coefficient (Wildman–Crippen LogP) is 2.12. The Labute approximate surface area is 135 Å². The maximum atomic E-state index is 12.5. The van der Waals surface area contributed by atoms with Crippen molar-refractivity contribution in [2.45, 2.75) is 44.2 Å². The van der Waals surface area contributed by atoms with Crippen molar-refractivity contribution in [3.8, 4) is 0 Å². The average molecular weight is 311 g/mol. The Morgan fingerprint density at radius 1 is 1.35 bits per heavy atom. The van der Waals surface area contributed by atoms with Gasteiger partial charge in [-0.25, -0.2) is 0 Å². The Morgan fingerprint density at radius 2 is 2.26 bits per heavy atom. The number of ketones is 1. The predicted molar refractivity (Wildman–Crippen MR) is 87.5 cm³/mol. The monoisotopic (exact) mass is 311 g/mol. The number of fused-ring (bicyclic) bond motifs is 1. The molecule has 0 saturated carbocycles. The van der Waals surface area contributed by atoms with Crippen LogP contribution < -0.4 is 10.6 Å². The van der Waals surface area contributed by atoms with Crippen LogP contribution in [0.5, 0.6) is 0 Å². The molecule has 1 aromatic heterocycles. The van der Waals surface area contributed by atoms with E-state index in [-0.39, 0.29) is 11.8 Å². The van der Waals surface area contributed by atoms with Gasteiger partial charge >= 0.3 is 0 Å². The van der Waals surface area contributed by atoms with E-state index in [0.717, 1.165) is 30.8 Å². The first-order valence-corrected chi connectivity index (χ1v) is 8.33. The third kappa shape index (κ3) is 3.15. The Morgan fingerprint density at radius 3 is 3.09 bits per heavy atom. The summed E-state index contributed by atoms with van der Waals surface area (Å²) in [6.45, 7) is 1.09. The summed E-state index contributed by atoms with van der Waals surface area (Å²) in [4.78, 5) is 12.5. The number of Topliss-reactive ketones (excluding diaryl/α,β-unsaturated/α-hetero) is 1. The maximum absolute atomic E-state index is 12.5. The fourth-order valence-electron chi connectivity index (χ4n) is 3.51. The average Bonchev–Trinajstić information content (AvgIpc) is 3.28. The topological polar surface area (TPSA) is 67.2 Å². The quantitative estimate of drug-likeness (QED) is 0.885. The normalized spacial score (nSPS) is 22.8. The van der Waals surface area contributed by atoms with Crippen molar-refractivity contribution in [1.29, 1.82) is 0 Å². The molecule has 1 aromatic carbocycles. The standard InChI is InChI=1S/C18H21N3O2/c22-18(17-8-12-4-1-2-6-16(12)20-17)11-15-10-14(21-23-15)9-13-5-3-7-19-13/h1-2,4,6,10,13,17,19-20H,3,5,7-9,11H2/t13-,17?/m0/s1. The number of carbonyl (C=O) groups is 1. The van der Waals surface area contributed by atoms with Crippen LogP contribution in [0.25, 0.3) is 0 Å². The van der Waals surface area contributed by atoms with Crippen LogP contribution in [0.2, 0.25) is 0 Å².